The normalized spacial score (nSPS) is 10.7. The minimum Gasteiger partial charge on any atom is -0.0956 e. The molecule has 0 saturated heterocycles. The van der Waals surface area contributed by atoms with E-state index in [-0.39, 0.29) is 0 Å². The fourth-order valence-corrected chi connectivity index (χ4v) is 2.44. The summed E-state index contributed by atoms with van der Waals surface area (Å²) in [6, 6.07) is 0. The van der Waals surface area contributed by atoms with Crippen molar-refractivity contribution in [1.82, 2.24) is 0 Å². The van der Waals surface area contributed by atoms with E-state index in [1.54, 1.807) is 0 Å². The zero-order valence-electron chi connectivity index (χ0n) is 12.8. The lowest BCUT2D eigenvalue weighted by Crippen LogP contribution is -1.83. The Bertz CT molecular complexity index is 148. The number of rotatable bonds is 15. The van der Waals surface area contributed by atoms with Crippen molar-refractivity contribution in [2.75, 3.05) is 0 Å². The van der Waals surface area contributed by atoms with Crippen LogP contribution in [0.1, 0.15) is 103 Å². The maximum Gasteiger partial charge on any atom is -0.0282 e. The second-order valence-electron chi connectivity index (χ2n) is 5.60. The van der Waals surface area contributed by atoms with Crippen LogP contribution in [0.25, 0.3) is 0 Å². The van der Waals surface area contributed by atoms with Crippen LogP contribution in [0, 0.1) is 6.08 Å². The molecule has 0 saturated carbocycles. The van der Waals surface area contributed by atoms with E-state index in [1.807, 2.05) is 0 Å². The third-order valence-corrected chi connectivity index (χ3v) is 3.71. The van der Waals surface area contributed by atoms with Gasteiger partial charge in [0.2, 0.25) is 0 Å². The van der Waals surface area contributed by atoms with Crippen molar-refractivity contribution in [2.45, 2.75) is 103 Å². The van der Waals surface area contributed by atoms with E-state index in [0.29, 0.717) is 0 Å². The van der Waals surface area contributed by atoms with Crippen LogP contribution in [-0.4, -0.2) is 0 Å². The summed E-state index contributed by atoms with van der Waals surface area (Å²) in [5.74, 6) is 0. The lowest BCUT2D eigenvalue weighted by Gasteiger charge is -2.02. The summed E-state index contributed by atoms with van der Waals surface area (Å²) in [6.45, 7) is 5.92. The van der Waals surface area contributed by atoms with Crippen LogP contribution in [0.4, 0.5) is 0 Å². The van der Waals surface area contributed by atoms with Gasteiger partial charge in [-0.25, -0.2) is 0 Å². The van der Waals surface area contributed by atoms with Crippen molar-refractivity contribution >= 4 is 0 Å². The van der Waals surface area contributed by atoms with Crippen LogP contribution in [0.3, 0.4) is 0 Å². The van der Waals surface area contributed by atoms with Crippen molar-refractivity contribution in [2.24, 2.45) is 0 Å². The molecule has 0 aliphatic carbocycles. The first-order chi connectivity index (χ1) is 8.91. The predicted octanol–water partition coefficient (Wildman–Crippen LogP) is 6.85. The Morgan fingerprint density at radius 3 is 1.22 bits per heavy atom. The van der Waals surface area contributed by atoms with E-state index < -0.39 is 0 Å². The Balaban J connectivity index is 2.88. The third kappa shape index (κ3) is 15.7. The molecule has 0 rings (SSSR count). The van der Waals surface area contributed by atoms with Crippen LogP contribution in [0.15, 0.2) is 6.58 Å². The molecule has 0 bridgehead atoms. The summed E-state index contributed by atoms with van der Waals surface area (Å²) < 4.78 is 0. The van der Waals surface area contributed by atoms with Gasteiger partial charge in [0, 0.05) is 0 Å². The highest BCUT2D eigenvalue weighted by atomic mass is 14.0. The Labute approximate surface area is 116 Å². The van der Waals surface area contributed by atoms with Gasteiger partial charge in [-0.2, -0.15) is 0 Å². The topological polar surface area (TPSA) is 0 Å². The monoisotopic (exact) mass is 251 g/mol. The van der Waals surface area contributed by atoms with Crippen LogP contribution in [0.5, 0.6) is 0 Å². The fourth-order valence-electron chi connectivity index (χ4n) is 2.44. The van der Waals surface area contributed by atoms with E-state index in [1.165, 1.54) is 89.9 Å². The maximum atomic E-state index is 3.63. The third-order valence-electron chi connectivity index (χ3n) is 3.71. The summed E-state index contributed by atoms with van der Waals surface area (Å²) in [5, 5.41) is 0. The van der Waals surface area contributed by atoms with E-state index in [4.69, 9.17) is 0 Å². The maximum absolute atomic E-state index is 3.63. The minimum absolute atomic E-state index is 1.08. The van der Waals surface area contributed by atoms with Gasteiger partial charge in [0.15, 0.2) is 0 Å². The van der Waals surface area contributed by atoms with Crippen LogP contribution in [-0.2, 0) is 0 Å². The Hall–Kier alpha value is -0.260. The number of hydrogen-bond donors (Lipinski definition) is 0. The minimum atomic E-state index is 1.08. The van der Waals surface area contributed by atoms with E-state index in [2.05, 4.69) is 19.6 Å². The van der Waals surface area contributed by atoms with Gasteiger partial charge in [-0.05, 0) is 12.8 Å². The molecule has 1 radical (unpaired) electrons. The molecular formula is C18H35. The first-order valence-electron chi connectivity index (χ1n) is 8.41. The van der Waals surface area contributed by atoms with Crippen LogP contribution in [0.2, 0.25) is 0 Å². The van der Waals surface area contributed by atoms with Crippen molar-refractivity contribution < 1.29 is 0 Å². The highest BCUT2D eigenvalue weighted by molar-refractivity contribution is 4.55. The van der Waals surface area contributed by atoms with E-state index in [9.17, 15) is 0 Å². The molecule has 0 aromatic carbocycles. The molecule has 0 aliphatic heterocycles. The van der Waals surface area contributed by atoms with Gasteiger partial charge in [0.1, 0.15) is 0 Å². The quantitative estimate of drug-likeness (QED) is 0.279. The van der Waals surface area contributed by atoms with Gasteiger partial charge in [0.25, 0.3) is 0 Å². The Kier molecular flexibility index (Phi) is 16.5. The number of unbranched alkanes of at least 4 members (excludes halogenated alkanes) is 14. The SMILES string of the molecule is C=[C]CCCCCCCCCCCCCCCC. The summed E-state index contributed by atoms with van der Waals surface area (Å²) in [5.41, 5.74) is 0. The van der Waals surface area contributed by atoms with Gasteiger partial charge in [-0.3, -0.25) is 0 Å². The molecule has 0 atom stereocenters. The molecule has 18 heavy (non-hydrogen) atoms. The summed E-state index contributed by atoms with van der Waals surface area (Å²) in [6.07, 6.45) is 24.1. The van der Waals surface area contributed by atoms with Gasteiger partial charge < -0.3 is 0 Å². The zero-order valence-corrected chi connectivity index (χ0v) is 12.8. The Morgan fingerprint density at radius 1 is 0.556 bits per heavy atom. The predicted molar refractivity (Wildman–Crippen MR) is 83.8 cm³/mol. The Morgan fingerprint density at radius 2 is 0.889 bits per heavy atom. The first kappa shape index (κ1) is 17.7. The molecule has 0 fully saturated rings. The highest BCUT2D eigenvalue weighted by Crippen LogP contribution is 2.13. The van der Waals surface area contributed by atoms with Crippen molar-refractivity contribution in [3.63, 3.8) is 0 Å². The second kappa shape index (κ2) is 16.7. The zero-order chi connectivity index (χ0) is 13.3. The van der Waals surface area contributed by atoms with Crippen molar-refractivity contribution in [1.29, 1.82) is 0 Å². The van der Waals surface area contributed by atoms with Crippen molar-refractivity contribution in [3.8, 4) is 0 Å². The molecule has 107 valence electrons. The fraction of sp³-hybridized carbons (Fsp3) is 0.889. The molecule has 0 aromatic rings. The molecule has 0 nitrogen and oxygen atoms in total. The van der Waals surface area contributed by atoms with Crippen LogP contribution < -0.4 is 0 Å². The molecule has 0 heterocycles. The molecule has 0 N–H and O–H groups in total. The number of hydrogen-bond acceptors (Lipinski definition) is 0. The molecule has 0 aliphatic rings. The lowest BCUT2D eigenvalue weighted by molar-refractivity contribution is 0.536. The van der Waals surface area contributed by atoms with Crippen LogP contribution >= 0.6 is 0 Å². The molecule has 0 amide bonds. The van der Waals surface area contributed by atoms with Gasteiger partial charge in [0.05, 0.1) is 0 Å². The highest BCUT2D eigenvalue weighted by Gasteiger charge is 1.93. The lowest BCUT2D eigenvalue weighted by atomic mass is 10.0. The summed E-state index contributed by atoms with van der Waals surface area (Å²) >= 11 is 0. The van der Waals surface area contributed by atoms with Gasteiger partial charge >= 0.3 is 0 Å². The van der Waals surface area contributed by atoms with E-state index in [0.717, 1.165) is 6.42 Å². The average molecular weight is 251 g/mol. The van der Waals surface area contributed by atoms with E-state index >= 15 is 0 Å². The first-order valence-corrected chi connectivity index (χ1v) is 8.41. The number of allylic oxidation sites excluding steroid dienone is 1. The van der Waals surface area contributed by atoms with Gasteiger partial charge in [-0.15, -0.1) is 0 Å². The molecule has 0 aromatic heterocycles. The van der Waals surface area contributed by atoms with Gasteiger partial charge in [-0.1, -0.05) is 103 Å². The summed E-state index contributed by atoms with van der Waals surface area (Å²) in [7, 11) is 0. The molecule has 0 spiro atoms. The molecule has 0 unspecified atom stereocenters. The largest absolute Gasteiger partial charge is 0.0956 e. The smallest absolute Gasteiger partial charge is 0.0282 e. The van der Waals surface area contributed by atoms with Crippen molar-refractivity contribution in [3.05, 3.63) is 12.7 Å². The summed E-state index contributed by atoms with van der Waals surface area (Å²) in [4.78, 5) is 0. The molecule has 0 heteroatoms. The average Bonchev–Trinajstić information content (AvgIpc) is 2.39. The second-order valence-corrected chi connectivity index (χ2v) is 5.60. The molecular weight excluding hydrogens is 216 g/mol. The standard InChI is InChI=1S/C18H35/c1-3-5-7-9-11-13-15-17-18-16-14-12-10-8-6-4-2/h1,4-18H2,2H3.